The number of aliphatic imine (C=N–C) groups is 1. The molecule has 3 rings (SSSR count). The van der Waals surface area contributed by atoms with Gasteiger partial charge < -0.3 is 29.6 Å². The van der Waals surface area contributed by atoms with Gasteiger partial charge in [0.15, 0.2) is 17.5 Å². The summed E-state index contributed by atoms with van der Waals surface area (Å²) in [5.74, 6) is 2.95. The summed E-state index contributed by atoms with van der Waals surface area (Å²) < 4.78 is 22.0. The van der Waals surface area contributed by atoms with Gasteiger partial charge in [-0.3, -0.25) is 4.99 Å². The molecule has 0 amide bonds. The first-order chi connectivity index (χ1) is 15.1. The minimum atomic E-state index is -0.0296. The maximum atomic E-state index is 5.66. The maximum Gasteiger partial charge on any atom is 0.195 e. The van der Waals surface area contributed by atoms with E-state index in [1.165, 1.54) is 5.56 Å². The van der Waals surface area contributed by atoms with Crippen LogP contribution in [0.3, 0.4) is 0 Å². The zero-order valence-corrected chi connectivity index (χ0v) is 21.6. The predicted octanol–water partition coefficient (Wildman–Crippen LogP) is 4.46. The molecule has 1 aliphatic rings. The number of hydrogen-bond acceptors (Lipinski definition) is 5. The van der Waals surface area contributed by atoms with Gasteiger partial charge in [-0.15, -0.1) is 24.0 Å². The SMILES string of the molecule is CCOc1ccc(C2(CNC(=NC)Nc3ccc(OC)c(OC)c3)CCOCC2)cc1.I. The van der Waals surface area contributed by atoms with E-state index in [1.54, 1.807) is 21.3 Å². The van der Waals surface area contributed by atoms with Gasteiger partial charge in [-0.05, 0) is 49.6 Å². The second kappa shape index (κ2) is 12.7. The average Bonchev–Trinajstić information content (AvgIpc) is 2.82. The fraction of sp³-hybridized carbons (Fsp3) is 0.458. The predicted molar refractivity (Wildman–Crippen MR) is 139 cm³/mol. The Morgan fingerprint density at radius 1 is 1.03 bits per heavy atom. The van der Waals surface area contributed by atoms with E-state index in [0.29, 0.717) is 24.1 Å². The highest BCUT2D eigenvalue weighted by Crippen LogP contribution is 2.35. The summed E-state index contributed by atoms with van der Waals surface area (Å²) in [4.78, 5) is 4.40. The van der Waals surface area contributed by atoms with Crippen molar-refractivity contribution < 1.29 is 18.9 Å². The zero-order valence-electron chi connectivity index (χ0n) is 19.3. The van der Waals surface area contributed by atoms with E-state index in [0.717, 1.165) is 44.0 Å². The van der Waals surface area contributed by atoms with Crippen LogP contribution in [0.5, 0.6) is 17.2 Å². The van der Waals surface area contributed by atoms with Gasteiger partial charge in [0.25, 0.3) is 0 Å². The average molecular weight is 555 g/mol. The van der Waals surface area contributed by atoms with Crippen molar-refractivity contribution in [1.82, 2.24) is 5.32 Å². The number of halogens is 1. The fourth-order valence-corrected chi connectivity index (χ4v) is 3.88. The summed E-state index contributed by atoms with van der Waals surface area (Å²) in [6, 6.07) is 14.1. The molecule has 0 saturated carbocycles. The summed E-state index contributed by atoms with van der Waals surface area (Å²) in [5, 5.41) is 6.85. The van der Waals surface area contributed by atoms with Gasteiger partial charge in [0.2, 0.25) is 0 Å². The van der Waals surface area contributed by atoms with Crippen molar-refractivity contribution in [2.75, 3.05) is 52.9 Å². The summed E-state index contributed by atoms with van der Waals surface area (Å²) in [7, 11) is 5.02. The van der Waals surface area contributed by atoms with Gasteiger partial charge in [-0.1, -0.05) is 12.1 Å². The quantitative estimate of drug-likeness (QED) is 0.285. The molecular weight excluding hydrogens is 521 g/mol. The van der Waals surface area contributed by atoms with E-state index in [-0.39, 0.29) is 29.4 Å². The van der Waals surface area contributed by atoms with Crippen LogP contribution in [0.25, 0.3) is 0 Å². The lowest BCUT2D eigenvalue weighted by molar-refractivity contribution is 0.0514. The Balaban J connectivity index is 0.00000363. The molecule has 1 heterocycles. The van der Waals surface area contributed by atoms with Gasteiger partial charge in [0.1, 0.15) is 5.75 Å². The van der Waals surface area contributed by atoms with E-state index in [4.69, 9.17) is 18.9 Å². The van der Waals surface area contributed by atoms with Crippen molar-refractivity contribution in [3.63, 3.8) is 0 Å². The minimum absolute atomic E-state index is 0. The molecule has 2 N–H and O–H groups in total. The van der Waals surface area contributed by atoms with Gasteiger partial charge >= 0.3 is 0 Å². The van der Waals surface area contributed by atoms with Gasteiger partial charge in [-0.2, -0.15) is 0 Å². The van der Waals surface area contributed by atoms with Crippen molar-refractivity contribution in [1.29, 1.82) is 0 Å². The van der Waals surface area contributed by atoms with E-state index >= 15 is 0 Å². The molecule has 2 aromatic carbocycles. The molecule has 8 heteroatoms. The van der Waals surface area contributed by atoms with Crippen molar-refractivity contribution in [3.8, 4) is 17.2 Å². The van der Waals surface area contributed by atoms with E-state index in [1.807, 2.05) is 37.3 Å². The highest BCUT2D eigenvalue weighted by molar-refractivity contribution is 14.0. The van der Waals surface area contributed by atoms with Crippen molar-refractivity contribution in [3.05, 3.63) is 48.0 Å². The first-order valence-corrected chi connectivity index (χ1v) is 10.6. The first-order valence-electron chi connectivity index (χ1n) is 10.6. The number of nitrogens with one attached hydrogen (secondary N) is 2. The third-order valence-electron chi connectivity index (χ3n) is 5.69. The molecule has 32 heavy (non-hydrogen) atoms. The third kappa shape index (κ3) is 6.41. The molecule has 0 aromatic heterocycles. The molecule has 0 bridgehead atoms. The van der Waals surface area contributed by atoms with Crippen LogP contribution in [-0.4, -0.2) is 53.6 Å². The van der Waals surface area contributed by atoms with Gasteiger partial charge in [0.05, 0.1) is 20.8 Å². The van der Waals surface area contributed by atoms with Crippen LogP contribution >= 0.6 is 24.0 Å². The molecule has 7 nitrogen and oxygen atoms in total. The van der Waals surface area contributed by atoms with Crippen molar-refractivity contribution in [2.24, 2.45) is 4.99 Å². The Kier molecular flexibility index (Phi) is 10.4. The van der Waals surface area contributed by atoms with Crippen LogP contribution in [-0.2, 0) is 10.2 Å². The smallest absolute Gasteiger partial charge is 0.195 e. The van der Waals surface area contributed by atoms with E-state index < -0.39 is 0 Å². The van der Waals surface area contributed by atoms with Gasteiger partial charge in [0, 0.05) is 44.0 Å². The molecule has 0 radical (unpaired) electrons. The third-order valence-corrected chi connectivity index (χ3v) is 5.69. The fourth-order valence-electron chi connectivity index (χ4n) is 3.88. The maximum absolute atomic E-state index is 5.66. The van der Waals surface area contributed by atoms with E-state index in [9.17, 15) is 0 Å². The molecular formula is C24H34IN3O4. The molecule has 0 unspecified atom stereocenters. The molecule has 176 valence electrons. The summed E-state index contributed by atoms with van der Waals surface area (Å²) >= 11 is 0. The van der Waals surface area contributed by atoms with Crippen molar-refractivity contribution >= 4 is 35.6 Å². The molecule has 2 aromatic rings. The number of hydrogen-bond donors (Lipinski definition) is 2. The highest BCUT2D eigenvalue weighted by atomic mass is 127. The Morgan fingerprint density at radius 2 is 1.72 bits per heavy atom. The minimum Gasteiger partial charge on any atom is -0.494 e. The Hall–Kier alpha value is -2.20. The highest BCUT2D eigenvalue weighted by Gasteiger charge is 2.34. The molecule has 1 saturated heterocycles. The van der Waals surface area contributed by atoms with Crippen molar-refractivity contribution in [2.45, 2.75) is 25.2 Å². The zero-order chi connectivity index (χ0) is 22.1. The number of benzene rings is 2. The molecule has 1 fully saturated rings. The second-order valence-electron chi connectivity index (χ2n) is 7.47. The Bertz CT molecular complexity index is 868. The van der Waals surface area contributed by atoms with Crippen LogP contribution in [0, 0.1) is 0 Å². The van der Waals surface area contributed by atoms with Crippen LogP contribution in [0.1, 0.15) is 25.3 Å². The number of guanidine groups is 1. The summed E-state index contributed by atoms with van der Waals surface area (Å²) in [5.41, 5.74) is 2.12. The standard InChI is InChI=1S/C24H33N3O4.HI/c1-5-31-20-9-6-18(7-10-20)24(12-14-30-15-13-24)17-26-23(25-2)27-19-8-11-21(28-3)22(16-19)29-4;/h6-11,16H,5,12-15,17H2,1-4H3,(H2,25,26,27);1H. The lowest BCUT2D eigenvalue weighted by atomic mass is 9.74. The number of rotatable bonds is 8. The topological polar surface area (TPSA) is 73.3 Å². The summed E-state index contributed by atoms with van der Waals surface area (Å²) in [6.07, 6.45) is 1.89. The number of ether oxygens (including phenoxy) is 4. The molecule has 1 aliphatic heterocycles. The summed E-state index contributed by atoms with van der Waals surface area (Å²) in [6.45, 7) is 4.90. The lowest BCUT2D eigenvalue weighted by Gasteiger charge is -2.38. The van der Waals surface area contributed by atoms with E-state index in [2.05, 4.69) is 27.8 Å². The normalized spacial score (nSPS) is 15.3. The number of nitrogens with zero attached hydrogens (tertiary/aromatic N) is 1. The molecule has 0 aliphatic carbocycles. The van der Waals surface area contributed by atoms with Crippen LogP contribution < -0.4 is 24.8 Å². The Morgan fingerprint density at radius 3 is 2.31 bits per heavy atom. The molecule has 0 atom stereocenters. The monoisotopic (exact) mass is 555 g/mol. The van der Waals surface area contributed by atoms with Crippen LogP contribution in [0.4, 0.5) is 5.69 Å². The first kappa shape index (κ1) is 26.1. The van der Waals surface area contributed by atoms with Gasteiger partial charge in [-0.25, -0.2) is 0 Å². The Labute approximate surface area is 207 Å². The second-order valence-corrected chi connectivity index (χ2v) is 7.47. The largest absolute Gasteiger partial charge is 0.494 e. The lowest BCUT2D eigenvalue weighted by Crippen LogP contribution is -2.46. The molecule has 0 spiro atoms. The van der Waals surface area contributed by atoms with Crippen LogP contribution in [0.2, 0.25) is 0 Å². The van der Waals surface area contributed by atoms with Crippen LogP contribution in [0.15, 0.2) is 47.5 Å². The number of methoxy groups -OCH3 is 2. The number of anilines is 1.